The number of nitrogens with zero attached hydrogens (tertiary/aromatic N) is 3. The van der Waals surface area contributed by atoms with Crippen LogP contribution in [0.3, 0.4) is 0 Å². The van der Waals surface area contributed by atoms with Crippen molar-refractivity contribution in [3.63, 3.8) is 0 Å². The monoisotopic (exact) mass is 376 g/mol. The zero-order valence-electron chi connectivity index (χ0n) is 15.0. The standard InChI is InChI=1S/C20H16N4O4/c1-20-17-15(14-4-2-3-5-16(14)21-17)10-11-22(20)19(26)23(18(20)25)12-6-8-13(9-7-12)24(27)28/h2-9,21H,10-11H2,1H3/t20-/m0/s1. The van der Waals surface area contributed by atoms with E-state index in [-0.39, 0.29) is 11.6 Å². The fraction of sp³-hybridized carbons (Fsp3) is 0.200. The number of aromatic amines is 1. The number of carbonyl (C=O) groups excluding carboxylic acids is 2. The van der Waals surface area contributed by atoms with E-state index < -0.39 is 16.5 Å². The van der Waals surface area contributed by atoms with Gasteiger partial charge in [-0.05, 0) is 37.1 Å². The fourth-order valence-electron chi connectivity index (χ4n) is 4.34. The Morgan fingerprint density at radius 2 is 1.82 bits per heavy atom. The Morgan fingerprint density at radius 3 is 2.54 bits per heavy atom. The number of carbonyl (C=O) groups is 2. The second-order valence-electron chi connectivity index (χ2n) is 7.19. The molecule has 3 heterocycles. The van der Waals surface area contributed by atoms with Crippen LogP contribution in [0.1, 0.15) is 18.2 Å². The molecule has 2 aliphatic heterocycles. The number of nitrogens with one attached hydrogen (secondary N) is 1. The van der Waals surface area contributed by atoms with Gasteiger partial charge >= 0.3 is 6.03 Å². The highest BCUT2D eigenvalue weighted by molar-refractivity contribution is 6.23. The van der Waals surface area contributed by atoms with E-state index in [1.807, 2.05) is 24.3 Å². The van der Waals surface area contributed by atoms with Crippen LogP contribution in [0.4, 0.5) is 16.2 Å². The SMILES string of the molecule is C[C@]12C(=O)N(c3ccc([N+](=O)[O-])cc3)C(=O)N1CCc1c2[nH]c2ccccc12. The van der Waals surface area contributed by atoms with Gasteiger partial charge in [0, 0.05) is 29.6 Å². The molecule has 0 bridgehead atoms. The fourth-order valence-corrected chi connectivity index (χ4v) is 4.34. The van der Waals surface area contributed by atoms with E-state index in [4.69, 9.17) is 0 Å². The summed E-state index contributed by atoms with van der Waals surface area (Å²) >= 11 is 0. The number of benzene rings is 2. The Labute approximate surface area is 159 Å². The largest absolute Gasteiger partial charge is 0.356 e. The van der Waals surface area contributed by atoms with Crippen molar-refractivity contribution in [1.29, 1.82) is 0 Å². The Kier molecular flexibility index (Phi) is 3.19. The van der Waals surface area contributed by atoms with Gasteiger partial charge in [-0.25, -0.2) is 9.69 Å². The van der Waals surface area contributed by atoms with Crippen LogP contribution in [0.25, 0.3) is 10.9 Å². The molecule has 1 aromatic heterocycles. The van der Waals surface area contributed by atoms with Crippen molar-refractivity contribution >= 4 is 34.2 Å². The molecule has 3 amide bonds. The molecule has 8 nitrogen and oxygen atoms in total. The molecule has 0 radical (unpaired) electrons. The van der Waals surface area contributed by atoms with Gasteiger partial charge in [0.2, 0.25) is 0 Å². The van der Waals surface area contributed by atoms with Gasteiger partial charge < -0.3 is 9.88 Å². The molecular weight excluding hydrogens is 360 g/mol. The summed E-state index contributed by atoms with van der Waals surface area (Å²) in [5, 5.41) is 11.9. The van der Waals surface area contributed by atoms with E-state index in [2.05, 4.69) is 4.98 Å². The summed E-state index contributed by atoms with van der Waals surface area (Å²) in [5.74, 6) is -0.362. The maximum atomic E-state index is 13.4. The molecule has 0 spiro atoms. The van der Waals surface area contributed by atoms with Crippen molar-refractivity contribution in [2.75, 3.05) is 11.4 Å². The number of para-hydroxylation sites is 1. The molecule has 1 saturated heterocycles. The lowest BCUT2D eigenvalue weighted by Gasteiger charge is -2.35. The first kappa shape index (κ1) is 16.5. The number of nitro groups is 1. The van der Waals surface area contributed by atoms with Crippen LogP contribution >= 0.6 is 0 Å². The molecule has 2 aliphatic rings. The predicted octanol–water partition coefficient (Wildman–Crippen LogP) is 3.32. The van der Waals surface area contributed by atoms with Crippen LogP contribution in [0.2, 0.25) is 0 Å². The van der Waals surface area contributed by atoms with Crippen LogP contribution in [-0.4, -0.2) is 33.3 Å². The third kappa shape index (κ3) is 1.94. The molecule has 28 heavy (non-hydrogen) atoms. The van der Waals surface area contributed by atoms with Crippen LogP contribution in [-0.2, 0) is 16.8 Å². The number of imide groups is 1. The van der Waals surface area contributed by atoms with Crippen molar-refractivity contribution in [2.45, 2.75) is 18.9 Å². The highest BCUT2D eigenvalue weighted by Crippen LogP contribution is 2.45. The highest BCUT2D eigenvalue weighted by Gasteiger charge is 2.59. The third-order valence-electron chi connectivity index (χ3n) is 5.79. The van der Waals surface area contributed by atoms with Gasteiger partial charge in [0.05, 0.1) is 16.3 Å². The number of nitro benzene ring substituents is 1. The molecule has 8 heteroatoms. The average Bonchev–Trinajstić information content (AvgIpc) is 3.17. The second-order valence-corrected chi connectivity index (χ2v) is 7.19. The van der Waals surface area contributed by atoms with Gasteiger partial charge in [-0.3, -0.25) is 14.9 Å². The summed E-state index contributed by atoms with van der Waals surface area (Å²) < 4.78 is 0. The molecule has 0 saturated carbocycles. The van der Waals surface area contributed by atoms with E-state index in [9.17, 15) is 19.7 Å². The molecular formula is C20H16N4O4. The Bertz CT molecular complexity index is 1170. The van der Waals surface area contributed by atoms with Crippen LogP contribution in [0.15, 0.2) is 48.5 Å². The number of hydrogen-bond acceptors (Lipinski definition) is 4. The minimum absolute atomic E-state index is 0.0929. The Morgan fingerprint density at radius 1 is 1.11 bits per heavy atom. The van der Waals surface area contributed by atoms with Crippen molar-refractivity contribution in [3.8, 4) is 0 Å². The maximum absolute atomic E-state index is 13.4. The number of rotatable bonds is 2. The number of urea groups is 1. The minimum Gasteiger partial charge on any atom is -0.356 e. The first-order valence-electron chi connectivity index (χ1n) is 8.93. The van der Waals surface area contributed by atoms with E-state index >= 15 is 0 Å². The van der Waals surface area contributed by atoms with Crippen molar-refractivity contribution < 1.29 is 14.5 Å². The number of amides is 3. The van der Waals surface area contributed by atoms with E-state index in [1.165, 1.54) is 24.3 Å². The summed E-state index contributed by atoms with van der Waals surface area (Å²) in [5.41, 5.74) is 1.83. The van der Waals surface area contributed by atoms with E-state index in [1.54, 1.807) is 11.8 Å². The van der Waals surface area contributed by atoms with Gasteiger partial charge in [0.25, 0.3) is 11.6 Å². The Hall–Kier alpha value is -3.68. The second kappa shape index (κ2) is 5.41. The molecule has 1 atom stereocenters. The van der Waals surface area contributed by atoms with Crippen molar-refractivity contribution in [1.82, 2.24) is 9.88 Å². The normalized spacial score (nSPS) is 21.2. The van der Waals surface area contributed by atoms with Gasteiger partial charge in [0.15, 0.2) is 5.54 Å². The summed E-state index contributed by atoms with van der Waals surface area (Å²) in [6.07, 6.45) is 0.655. The molecule has 1 N–H and O–H groups in total. The summed E-state index contributed by atoms with van der Waals surface area (Å²) in [4.78, 5) is 42.9. The lowest BCUT2D eigenvalue weighted by Crippen LogP contribution is -2.49. The highest BCUT2D eigenvalue weighted by atomic mass is 16.6. The van der Waals surface area contributed by atoms with Crippen LogP contribution in [0.5, 0.6) is 0 Å². The molecule has 5 rings (SSSR count). The molecule has 0 aliphatic carbocycles. The summed E-state index contributed by atoms with van der Waals surface area (Å²) in [7, 11) is 0. The Balaban J connectivity index is 1.63. The zero-order valence-corrected chi connectivity index (χ0v) is 15.0. The van der Waals surface area contributed by atoms with Crippen LogP contribution < -0.4 is 4.90 Å². The molecule has 2 aromatic carbocycles. The molecule has 1 fully saturated rings. The quantitative estimate of drug-likeness (QED) is 0.421. The first-order valence-corrected chi connectivity index (χ1v) is 8.93. The summed E-state index contributed by atoms with van der Waals surface area (Å²) in [6, 6.07) is 12.9. The third-order valence-corrected chi connectivity index (χ3v) is 5.79. The topological polar surface area (TPSA) is 99.6 Å². The first-order chi connectivity index (χ1) is 13.4. The van der Waals surface area contributed by atoms with Gasteiger partial charge in [-0.2, -0.15) is 0 Å². The van der Waals surface area contributed by atoms with Gasteiger partial charge in [0.1, 0.15) is 0 Å². The van der Waals surface area contributed by atoms with Crippen LogP contribution in [0, 0.1) is 10.1 Å². The number of non-ortho nitro benzene ring substituents is 1. The number of fused-ring (bicyclic) bond motifs is 5. The number of anilines is 1. The van der Waals surface area contributed by atoms with E-state index in [0.717, 1.165) is 27.1 Å². The smallest absolute Gasteiger partial charge is 0.332 e. The maximum Gasteiger partial charge on any atom is 0.332 e. The summed E-state index contributed by atoms with van der Waals surface area (Å²) in [6.45, 7) is 2.19. The average molecular weight is 376 g/mol. The van der Waals surface area contributed by atoms with Gasteiger partial charge in [-0.1, -0.05) is 18.2 Å². The molecule has 3 aromatic rings. The van der Waals surface area contributed by atoms with Gasteiger partial charge in [-0.15, -0.1) is 0 Å². The number of aromatic nitrogens is 1. The number of hydrogen-bond donors (Lipinski definition) is 1. The minimum atomic E-state index is -1.13. The van der Waals surface area contributed by atoms with Crippen molar-refractivity contribution in [3.05, 3.63) is 69.9 Å². The zero-order chi connectivity index (χ0) is 19.6. The molecule has 0 unspecified atom stereocenters. The van der Waals surface area contributed by atoms with E-state index in [0.29, 0.717) is 18.7 Å². The predicted molar refractivity (Wildman–Crippen MR) is 102 cm³/mol. The van der Waals surface area contributed by atoms with Crippen molar-refractivity contribution in [2.24, 2.45) is 0 Å². The molecule has 140 valence electrons. The lowest BCUT2D eigenvalue weighted by molar-refractivity contribution is -0.384. The number of H-pyrrole nitrogens is 1. The lowest BCUT2D eigenvalue weighted by atomic mass is 9.87.